The molecule has 0 bridgehead atoms. The van der Waals surface area contributed by atoms with Gasteiger partial charge in [0.15, 0.2) is 5.82 Å². The van der Waals surface area contributed by atoms with E-state index in [1.54, 1.807) is 6.07 Å². The summed E-state index contributed by atoms with van der Waals surface area (Å²) in [5.74, 6) is 0.796. The number of nitrogens with zero attached hydrogens (tertiary/aromatic N) is 3. The van der Waals surface area contributed by atoms with Crippen LogP contribution in [0.25, 0.3) is 11.4 Å². The first-order valence-electron chi connectivity index (χ1n) is 7.04. The first-order chi connectivity index (χ1) is 10.1. The summed E-state index contributed by atoms with van der Waals surface area (Å²) in [7, 11) is 0. The molecule has 1 aliphatic heterocycles. The lowest BCUT2D eigenvalue weighted by molar-refractivity contribution is 0.416. The molecule has 3 rings (SSSR count). The van der Waals surface area contributed by atoms with E-state index < -0.39 is 0 Å². The van der Waals surface area contributed by atoms with Crippen LogP contribution in [0.5, 0.6) is 11.5 Å². The van der Waals surface area contributed by atoms with Gasteiger partial charge in [-0.25, -0.2) is 0 Å². The Kier molecular flexibility index (Phi) is 3.42. The second kappa shape index (κ2) is 5.25. The van der Waals surface area contributed by atoms with E-state index in [1.807, 2.05) is 4.90 Å². The zero-order valence-corrected chi connectivity index (χ0v) is 11.8. The third kappa shape index (κ3) is 2.40. The van der Waals surface area contributed by atoms with Crippen molar-refractivity contribution >= 4 is 5.95 Å². The van der Waals surface area contributed by atoms with Gasteiger partial charge in [-0.05, 0) is 31.9 Å². The lowest BCUT2D eigenvalue weighted by atomic mass is 9.99. The molecule has 2 atom stereocenters. The number of phenolic OH excluding ortho intramolecular Hbond substituents is 2. The first-order valence-corrected chi connectivity index (χ1v) is 7.04. The molecule has 112 valence electrons. The quantitative estimate of drug-likeness (QED) is 0.661. The Morgan fingerprint density at radius 3 is 2.76 bits per heavy atom. The number of rotatable bonds is 2. The summed E-state index contributed by atoms with van der Waals surface area (Å²) >= 11 is 0. The fourth-order valence-corrected chi connectivity index (χ4v) is 2.72. The third-order valence-electron chi connectivity index (χ3n) is 4.04. The zero-order valence-electron chi connectivity index (χ0n) is 11.8. The van der Waals surface area contributed by atoms with Gasteiger partial charge in [-0.1, -0.05) is 6.07 Å². The predicted molar refractivity (Wildman–Crippen MR) is 79.2 cm³/mol. The largest absolute Gasteiger partial charge is 0.507 e. The van der Waals surface area contributed by atoms with E-state index in [0.717, 1.165) is 19.4 Å². The zero-order chi connectivity index (χ0) is 15.0. The number of nitrogens with two attached hydrogens (primary N) is 1. The molecule has 7 heteroatoms. The summed E-state index contributed by atoms with van der Waals surface area (Å²) in [5.41, 5.74) is 6.34. The molecule has 2 heterocycles. The molecule has 0 saturated carbocycles. The van der Waals surface area contributed by atoms with Crippen molar-refractivity contribution in [1.29, 1.82) is 0 Å². The molecule has 0 amide bonds. The Balaban J connectivity index is 1.93. The van der Waals surface area contributed by atoms with Crippen molar-refractivity contribution in [2.45, 2.75) is 31.8 Å². The molecule has 0 radical (unpaired) electrons. The molecule has 1 aromatic carbocycles. The standard InChI is InChI=1S/C14H19N5O2/c1-8-9(15)4-3-7-19(8)14-16-13(17-18-14)12-10(20)5-2-6-11(12)21/h2,5-6,8-9,20-21H,3-4,7,15H2,1H3,(H,16,17,18). The normalized spacial score (nSPS) is 22.5. The van der Waals surface area contributed by atoms with Crippen molar-refractivity contribution in [2.24, 2.45) is 5.73 Å². The van der Waals surface area contributed by atoms with Crippen molar-refractivity contribution in [3.8, 4) is 22.9 Å². The van der Waals surface area contributed by atoms with Crippen LogP contribution in [-0.2, 0) is 0 Å². The van der Waals surface area contributed by atoms with Crippen molar-refractivity contribution in [3.05, 3.63) is 18.2 Å². The number of nitrogens with one attached hydrogen (secondary N) is 1. The third-order valence-corrected chi connectivity index (χ3v) is 4.04. The maximum Gasteiger partial charge on any atom is 0.245 e. The molecular formula is C14H19N5O2. The minimum Gasteiger partial charge on any atom is -0.507 e. The van der Waals surface area contributed by atoms with Gasteiger partial charge in [-0.2, -0.15) is 4.98 Å². The monoisotopic (exact) mass is 289 g/mol. The molecule has 0 spiro atoms. The number of H-pyrrole nitrogens is 1. The highest BCUT2D eigenvalue weighted by molar-refractivity contribution is 5.71. The van der Waals surface area contributed by atoms with Crippen LogP contribution in [-0.4, -0.2) is 44.0 Å². The van der Waals surface area contributed by atoms with Gasteiger partial charge in [0.25, 0.3) is 0 Å². The van der Waals surface area contributed by atoms with Crippen molar-refractivity contribution in [1.82, 2.24) is 15.2 Å². The molecule has 21 heavy (non-hydrogen) atoms. The van der Waals surface area contributed by atoms with Gasteiger partial charge in [-0.3, -0.25) is 5.10 Å². The number of hydrogen-bond acceptors (Lipinski definition) is 6. The summed E-state index contributed by atoms with van der Waals surface area (Å²) in [6.45, 7) is 2.90. The molecular weight excluding hydrogens is 270 g/mol. The number of aromatic nitrogens is 3. The smallest absolute Gasteiger partial charge is 0.245 e. The fourth-order valence-electron chi connectivity index (χ4n) is 2.72. The molecule has 0 aliphatic carbocycles. The maximum absolute atomic E-state index is 9.88. The van der Waals surface area contributed by atoms with Crippen LogP contribution in [0.3, 0.4) is 0 Å². The Bertz CT molecular complexity index is 622. The van der Waals surface area contributed by atoms with E-state index in [-0.39, 0.29) is 29.1 Å². The SMILES string of the molecule is CC1C(N)CCCN1c1n[nH]c(-c2c(O)cccc2O)n1. The van der Waals surface area contributed by atoms with E-state index in [0.29, 0.717) is 11.8 Å². The highest BCUT2D eigenvalue weighted by Gasteiger charge is 2.28. The van der Waals surface area contributed by atoms with E-state index >= 15 is 0 Å². The topological polar surface area (TPSA) is 111 Å². The van der Waals surface area contributed by atoms with Crippen molar-refractivity contribution in [3.63, 3.8) is 0 Å². The average Bonchev–Trinajstić information content (AvgIpc) is 2.91. The van der Waals surface area contributed by atoms with Gasteiger partial charge in [-0.15, -0.1) is 5.10 Å². The lowest BCUT2D eigenvalue weighted by Gasteiger charge is -2.36. The van der Waals surface area contributed by atoms with Crippen LogP contribution in [0.2, 0.25) is 0 Å². The number of piperidine rings is 1. The first kappa shape index (κ1) is 13.7. The van der Waals surface area contributed by atoms with E-state index in [1.165, 1.54) is 12.1 Å². The average molecular weight is 289 g/mol. The number of aromatic hydroxyl groups is 2. The van der Waals surface area contributed by atoms with Crippen molar-refractivity contribution in [2.75, 3.05) is 11.4 Å². The molecule has 2 unspecified atom stereocenters. The van der Waals surface area contributed by atoms with Crippen LogP contribution < -0.4 is 10.6 Å². The molecule has 2 aromatic rings. The van der Waals surface area contributed by atoms with E-state index in [9.17, 15) is 10.2 Å². The minimum absolute atomic E-state index is 0.0407. The second-order valence-corrected chi connectivity index (χ2v) is 5.40. The number of phenols is 2. The summed E-state index contributed by atoms with van der Waals surface area (Å²) in [6, 6.07) is 4.81. The van der Waals surface area contributed by atoms with Crippen LogP contribution >= 0.6 is 0 Å². The Morgan fingerprint density at radius 2 is 2.05 bits per heavy atom. The van der Waals surface area contributed by atoms with Crippen LogP contribution in [0.4, 0.5) is 5.95 Å². The number of benzene rings is 1. The number of aromatic amines is 1. The van der Waals surface area contributed by atoms with Crippen LogP contribution in [0.1, 0.15) is 19.8 Å². The molecule has 1 aromatic heterocycles. The second-order valence-electron chi connectivity index (χ2n) is 5.40. The van der Waals surface area contributed by atoms with Crippen molar-refractivity contribution < 1.29 is 10.2 Å². The van der Waals surface area contributed by atoms with Gasteiger partial charge < -0.3 is 20.8 Å². The maximum atomic E-state index is 9.88. The highest BCUT2D eigenvalue weighted by atomic mass is 16.3. The van der Waals surface area contributed by atoms with Gasteiger partial charge in [0.1, 0.15) is 17.1 Å². The summed E-state index contributed by atoms with van der Waals surface area (Å²) in [6.07, 6.45) is 1.99. The van der Waals surface area contributed by atoms with E-state index in [2.05, 4.69) is 22.1 Å². The van der Waals surface area contributed by atoms with Gasteiger partial charge >= 0.3 is 0 Å². The fraction of sp³-hybridized carbons (Fsp3) is 0.429. The number of hydrogen-bond donors (Lipinski definition) is 4. The lowest BCUT2D eigenvalue weighted by Crippen LogP contribution is -2.50. The Morgan fingerprint density at radius 1 is 1.33 bits per heavy atom. The van der Waals surface area contributed by atoms with E-state index in [4.69, 9.17) is 5.73 Å². The highest BCUT2D eigenvalue weighted by Crippen LogP contribution is 2.35. The molecule has 1 fully saturated rings. The predicted octanol–water partition coefficient (Wildman–Crippen LogP) is 1.20. The summed E-state index contributed by atoms with van der Waals surface area (Å²) < 4.78 is 0. The van der Waals surface area contributed by atoms with Crippen LogP contribution in [0, 0.1) is 0 Å². The molecule has 1 saturated heterocycles. The Labute approximate surface area is 122 Å². The number of anilines is 1. The van der Waals surface area contributed by atoms with Gasteiger partial charge in [0.2, 0.25) is 5.95 Å². The Hall–Kier alpha value is -2.28. The minimum atomic E-state index is -0.0407. The van der Waals surface area contributed by atoms with Gasteiger partial charge in [0.05, 0.1) is 0 Å². The summed E-state index contributed by atoms with van der Waals surface area (Å²) in [5, 5.41) is 26.7. The summed E-state index contributed by atoms with van der Waals surface area (Å²) in [4.78, 5) is 6.44. The van der Waals surface area contributed by atoms with Crippen LogP contribution in [0.15, 0.2) is 18.2 Å². The molecule has 7 nitrogen and oxygen atoms in total. The molecule has 1 aliphatic rings. The molecule has 5 N–H and O–H groups in total. The van der Waals surface area contributed by atoms with Gasteiger partial charge in [0, 0.05) is 18.6 Å².